The van der Waals surface area contributed by atoms with Crippen molar-refractivity contribution in [3.05, 3.63) is 60.7 Å². The van der Waals surface area contributed by atoms with Crippen molar-refractivity contribution in [2.45, 2.75) is 63.6 Å². The SMILES string of the molecule is O=C(CCCCCCCCCC([N+](=O)[O-])([N+](=O)[O-])[N+](=O)[O-])CNc1ccccc1. The molecule has 0 saturated carbocycles. The first-order chi connectivity index (χ1) is 13.8. The van der Waals surface area contributed by atoms with Crippen LogP contribution in [0.5, 0.6) is 0 Å². The van der Waals surface area contributed by atoms with Gasteiger partial charge in [0.05, 0.1) is 6.54 Å². The maximum atomic E-state index is 11.8. The first kappa shape index (κ1) is 23.9. The molecule has 0 saturated heterocycles. The normalized spacial score (nSPS) is 11.0. The maximum Gasteiger partial charge on any atom is 0.699 e. The number of carbonyl (C=O) groups excluding carboxylic acids is 1. The van der Waals surface area contributed by atoms with Gasteiger partial charge in [-0.05, 0) is 25.0 Å². The van der Waals surface area contributed by atoms with E-state index in [9.17, 15) is 35.1 Å². The molecule has 0 radical (unpaired) electrons. The van der Waals surface area contributed by atoms with Crippen LogP contribution in [-0.2, 0) is 4.79 Å². The Morgan fingerprint density at radius 2 is 1.28 bits per heavy atom. The topological polar surface area (TPSA) is 159 Å². The van der Waals surface area contributed by atoms with Gasteiger partial charge in [0.2, 0.25) is 0 Å². The number of nitro groups is 3. The van der Waals surface area contributed by atoms with Gasteiger partial charge in [-0.1, -0.05) is 50.3 Å². The predicted molar refractivity (Wildman–Crippen MR) is 105 cm³/mol. The Morgan fingerprint density at radius 1 is 0.793 bits per heavy atom. The molecular weight excluding hydrogens is 384 g/mol. The molecule has 0 heterocycles. The molecule has 0 aliphatic heterocycles. The van der Waals surface area contributed by atoms with Crippen LogP contribution >= 0.6 is 0 Å². The molecule has 1 N–H and O–H groups in total. The monoisotopic (exact) mass is 410 g/mol. The lowest BCUT2D eigenvalue weighted by atomic mass is 10.0. The number of nitrogens with one attached hydrogen (secondary N) is 1. The quantitative estimate of drug-likeness (QED) is 0.187. The average Bonchev–Trinajstić information content (AvgIpc) is 2.67. The third kappa shape index (κ3) is 7.80. The highest BCUT2D eigenvalue weighted by Crippen LogP contribution is 2.21. The van der Waals surface area contributed by atoms with Crippen molar-refractivity contribution in [2.75, 3.05) is 11.9 Å². The van der Waals surface area contributed by atoms with Crippen molar-refractivity contribution in [3.63, 3.8) is 0 Å². The van der Waals surface area contributed by atoms with Crippen LogP contribution in [0.15, 0.2) is 30.3 Å². The zero-order valence-electron chi connectivity index (χ0n) is 16.2. The molecule has 0 bridgehead atoms. The van der Waals surface area contributed by atoms with E-state index in [1.165, 1.54) is 0 Å². The average molecular weight is 410 g/mol. The number of hydrogen-bond acceptors (Lipinski definition) is 8. The molecule has 0 fully saturated rings. The Balaban J connectivity index is 2.10. The molecule has 0 aromatic heterocycles. The number of unbranched alkanes of at least 4 members (excludes halogenated alkanes) is 6. The van der Waals surface area contributed by atoms with Crippen molar-refractivity contribution < 1.29 is 19.6 Å². The van der Waals surface area contributed by atoms with Gasteiger partial charge in [-0.25, -0.2) is 0 Å². The van der Waals surface area contributed by atoms with Gasteiger partial charge in [0.25, 0.3) is 0 Å². The highest BCUT2D eigenvalue weighted by Gasteiger charge is 2.69. The number of hydrogen-bond donors (Lipinski definition) is 1. The summed E-state index contributed by atoms with van der Waals surface area (Å²) in [4.78, 5) is 40.0. The summed E-state index contributed by atoms with van der Waals surface area (Å²) >= 11 is 0. The maximum absolute atomic E-state index is 11.8. The van der Waals surface area contributed by atoms with Crippen molar-refractivity contribution in [2.24, 2.45) is 0 Å². The molecule has 29 heavy (non-hydrogen) atoms. The Bertz CT molecular complexity index is 661. The minimum absolute atomic E-state index is 0.0343. The van der Waals surface area contributed by atoms with Crippen molar-refractivity contribution in [1.82, 2.24) is 0 Å². The number of nitrogens with zero attached hydrogens (tertiary/aromatic N) is 3. The summed E-state index contributed by atoms with van der Waals surface area (Å²) in [7, 11) is 0. The zero-order valence-corrected chi connectivity index (χ0v) is 16.2. The van der Waals surface area contributed by atoms with Crippen LogP contribution in [0.25, 0.3) is 0 Å². The van der Waals surface area contributed by atoms with E-state index >= 15 is 0 Å². The van der Waals surface area contributed by atoms with Crippen molar-refractivity contribution >= 4 is 11.5 Å². The van der Waals surface area contributed by atoms with Gasteiger partial charge in [-0.15, -0.1) is 0 Å². The van der Waals surface area contributed by atoms with Gasteiger partial charge >= 0.3 is 5.79 Å². The van der Waals surface area contributed by atoms with Crippen LogP contribution in [0.4, 0.5) is 5.69 Å². The minimum Gasteiger partial charge on any atom is -0.378 e. The molecule has 160 valence electrons. The molecule has 11 nitrogen and oxygen atoms in total. The molecule has 0 aliphatic carbocycles. The number of carbonyl (C=O) groups is 1. The summed E-state index contributed by atoms with van der Waals surface area (Å²) in [6.07, 6.45) is 4.20. The van der Waals surface area contributed by atoms with E-state index in [1.54, 1.807) is 0 Å². The number of Topliss-reactive ketones (excluding diaryl/α,β-unsaturated/α-hetero) is 1. The van der Waals surface area contributed by atoms with Gasteiger partial charge < -0.3 is 5.32 Å². The second-order valence-electron chi connectivity index (χ2n) is 6.78. The minimum atomic E-state index is -3.35. The van der Waals surface area contributed by atoms with Crippen molar-refractivity contribution in [3.8, 4) is 0 Å². The smallest absolute Gasteiger partial charge is 0.378 e. The van der Waals surface area contributed by atoms with Crippen LogP contribution < -0.4 is 5.32 Å². The number of benzene rings is 1. The fourth-order valence-electron chi connectivity index (χ4n) is 2.89. The van der Waals surface area contributed by atoms with Gasteiger partial charge in [0.1, 0.15) is 0 Å². The molecule has 0 amide bonds. The Labute approximate surface area is 167 Å². The second kappa shape index (κ2) is 12.4. The first-order valence-corrected chi connectivity index (χ1v) is 9.55. The van der Waals surface area contributed by atoms with Crippen LogP contribution in [-0.4, -0.2) is 32.9 Å². The molecule has 0 atom stereocenters. The van der Waals surface area contributed by atoms with E-state index in [2.05, 4.69) is 5.32 Å². The fourth-order valence-corrected chi connectivity index (χ4v) is 2.89. The third-order valence-electron chi connectivity index (χ3n) is 4.61. The van der Waals surface area contributed by atoms with E-state index in [-0.39, 0.29) is 18.7 Å². The molecule has 1 rings (SSSR count). The van der Waals surface area contributed by atoms with Crippen LogP contribution in [0, 0.1) is 30.3 Å². The molecular formula is C18H26N4O7. The Hall–Kier alpha value is -3.11. The lowest BCUT2D eigenvalue weighted by Gasteiger charge is -2.08. The standard InChI is InChI=1S/C18H26N4O7/c23-17(15-19-16-11-7-6-8-12-16)13-9-4-2-1-3-5-10-14-18(20(24)25,21(26)27)22(28)29/h6-8,11-12,19H,1-5,9-10,13-15H2. The van der Waals surface area contributed by atoms with E-state index in [0.29, 0.717) is 19.3 Å². The third-order valence-corrected chi connectivity index (χ3v) is 4.61. The van der Waals surface area contributed by atoms with Gasteiger partial charge in [0, 0.05) is 12.1 Å². The van der Waals surface area contributed by atoms with Gasteiger partial charge in [0.15, 0.2) is 27.0 Å². The van der Waals surface area contributed by atoms with E-state index in [4.69, 9.17) is 0 Å². The van der Waals surface area contributed by atoms with Crippen molar-refractivity contribution in [1.29, 1.82) is 0 Å². The Kier molecular flexibility index (Phi) is 10.2. The number of rotatable bonds is 16. The summed E-state index contributed by atoms with van der Waals surface area (Å²) in [5.74, 6) is -3.22. The van der Waals surface area contributed by atoms with E-state index < -0.39 is 27.0 Å². The molecule has 0 aliphatic rings. The van der Waals surface area contributed by atoms with Gasteiger partial charge in [-0.3, -0.25) is 35.1 Å². The fraction of sp³-hybridized carbons (Fsp3) is 0.611. The highest BCUT2D eigenvalue weighted by molar-refractivity contribution is 5.82. The number of para-hydroxylation sites is 1. The van der Waals surface area contributed by atoms with E-state index in [0.717, 1.165) is 31.4 Å². The molecule has 11 heteroatoms. The lowest BCUT2D eigenvalue weighted by molar-refractivity contribution is -0.970. The molecule has 0 unspecified atom stereocenters. The first-order valence-electron chi connectivity index (χ1n) is 9.55. The van der Waals surface area contributed by atoms with Crippen LogP contribution in [0.1, 0.15) is 57.8 Å². The van der Waals surface area contributed by atoms with Gasteiger partial charge in [-0.2, -0.15) is 0 Å². The zero-order chi connectivity index (χ0) is 21.7. The summed E-state index contributed by atoms with van der Waals surface area (Å²) < 4.78 is 0. The van der Waals surface area contributed by atoms with Crippen LogP contribution in [0.3, 0.4) is 0 Å². The van der Waals surface area contributed by atoms with Crippen LogP contribution in [0.2, 0.25) is 0 Å². The number of ketones is 1. The number of anilines is 1. The second-order valence-corrected chi connectivity index (χ2v) is 6.78. The highest BCUT2D eigenvalue weighted by atomic mass is 16.7. The summed E-state index contributed by atoms with van der Waals surface area (Å²) in [6, 6.07) is 9.45. The van der Waals surface area contributed by atoms with E-state index in [1.807, 2.05) is 30.3 Å². The largest absolute Gasteiger partial charge is 0.699 e. The summed E-state index contributed by atoms with van der Waals surface area (Å²) in [5, 5.41) is 35.5. The molecule has 0 spiro atoms. The summed E-state index contributed by atoms with van der Waals surface area (Å²) in [6.45, 7) is 0.287. The summed E-state index contributed by atoms with van der Waals surface area (Å²) in [5.41, 5.74) is 0.899. The Morgan fingerprint density at radius 3 is 1.79 bits per heavy atom. The predicted octanol–water partition coefficient (Wildman–Crippen LogP) is 3.66. The molecule has 1 aromatic carbocycles. The molecule has 1 aromatic rings. The lowest BCUT2D eigenvalue weighted by Crippen LogP contribution is -2.53.